The standard InChI is InChI=1S/C39H52O7/c1-21(2)22(3)34-35(46-34)38(44)14-5-8-24-18-27-28(19-29(41)32-26-10-6-13-36(27,32)20-30(42)33(26)43)39(45)16-12-31(38)37(24,39)15-11-23-7-4-9-25(40)17-23/h4-5,7-9,17,19,21-22,24,26-27,30-35,40,42-45H,6,10-16,18,20H2,1-3H3. The number of aromatic hydroxyl groups is 1. The van der Waals surface area contributed by atoms with E-state index in [0.29, 0.717) is 50.4 Å². The van der Waals surface area contributed by atoms with E-state index in [4.69, 9.17) is 4.74 Å². The number of rotatable bonds is 6. The number of hydrogen-bond acceptors (Lipinski definition) is 7. The number of aryl methyl sites for hydroxylation is 1. The fourth-order valence-corrected chi connectivity index (χ4v) is 12.6. The minimum absolute atomic E-state index is 0.00358. The highest BCUT2D eigenvalue weighted by molar-refractivity contribution is 5.95. The minimum Gasteiger partial charge on any atom is -0.508 e. The maximum atomic E-state index is 14.2. The Morgan fingerprint density at radius 1 is 1.09 bits per heavy atom. The van der Waals surface area contributed by atoms with E-state index < -0.39 is 34.2 Å². The first-order chi connectivity index (χ1) is 21.9. The number of phenols is 1. The van der Waals surface area contributed by atoms with Gasteiger partial charge in [0.2, 0.25) is 0 Å². The lowest BCUT2D eigenvalue weighted by molar-refractivity contribution is -0.202. The number of benzene rings is 1. The molecule has 7 heteroatoms. The summed E-state index contributed by atoms with van der Waals surface area (Å²) in [4.78, 5) is 14.2. The van der Waals surface area contributed by atoms with Crippen molar-refractivity contribution < 1.29 is 35.1 Å². The van der Waals surface area contributed by atoms with Crippen molar-refractivity contribution in [3.05, 3.63) is 53.6 Å². The molecule has 1 aliphatic heterocycles. The van der Waals surface area contributed by atoms with Gasteiger partial charge in [0, 0.05) is 17.3 Å². The lowest BCUT2D eigenvalue weighted by Crippen LogP contribution is -2.68. The summed E-state index contributed by atoms with van der Waals surface area (Å²) in [5.41, 5.74) is -1.91. The van der Waals surface area contributed by atoms with Gasteiger partial charge < -0.3 is 30.3 Å². The highest BCUT2D eigenvalue weighted by Crippen LogP contribution is 2.75. The zero-order valence-electron chi connectivity index (χ0n) is 27.5. The van der Waals surface area contributed by atoms with E-state index in [1.807, 2.05) is 12.1 Å². The first-order valence-corrected chi connectivity index (χ1v) is 18.0. The van der Waals surface area contributed by atoms with Crippen LogP contribution in [0.25, 0.3) is 0 Å². The van der Waals surface area contributed by atoms with Crippen molar-refractivity contribution >= 4 is 5.78 Å². The van der Waals surface area contributed by atoms with E-state index in [2.05, 4.69) is 32.9 Å². The molecule has 1 aromatic carbocycles. The third kappa shape index (κ3) is 4.05. The van der Waals surface area contributed by atoms with Gasteiger partial charge in [-0.2, -0.15) is 0 Å². The Labute approximate surface area is 272 Å². The topological polar surface area (TPSA) is 131 Å². The summed E-state index contributed by atoms with van der Waals surface area (Å²) < 4.78 is 6.38. The quantitative estimate of drug-likeness (QED) is 0.223. The van der Waals surface area contributed by atoms with Crippen LogP contribution in [0.2, 0.25) is 0 Å². The molecular weight excluding hydrogens is 580 g/mol. The Balaban J connectivity index is 1.26. The molecule has 5 N–H and O–H groups in total. The largest absolute Gasteiger partial charge is 0.508 e. The molecule has 4 saturated carbocycles. The van der Waals surface area contributed by atoms with Crippen molar-refractivity contribution in [1.82, 2.24) is 0 Å². The molecule has 1 heterocycles. The highest BCUT2D eigenvalue weighted by atomic mass is 16.6. The lowest BCUT2D eigenvalue weighted by atomic mass is 9.39. The molecule has 7 nitrogen and oxygen atoms in total. The van der Waals surface area contributed by atoms with Crippen molar-refractivity contribution in [2.75, 3.05) is 0 Å². The summed E-state index contributed by atoms with van der Waals surface area (Å²) in [5, 5.41) is 58.9. The van der Waals surface area contributed by atoms with Crippen LogP contribution >= 0.6 is 0 Å². The molecule has 5 fully saturated rings. The van der Waals surface area contributed by atoms with Gasteiger partial charge >= 0.3 is 0 Å². The van der Waals surface area contributed by atoms with Gasteiger partial charge in [0.1, 0.15) is 17.5 Å². The van der Waals surface area contributed by atoms with E-state index >= 15 is 0 Å². The zero-order chi connectivity index (χ0) is 32.4. The monoisotopic (exact) mass is 632 g/mol. The predicted octanol–water partition coefficient (Wildman–Crippen LogP) is 4.88. The SMILES string of the molecule is CC(C)C(C)C1OC1C1(O)CC=CC2CC3C(=CC(=O)C4C5CCCC34CC(O)C5O)C3(O)CCC1C23CCc1cccc(O)c1. The number of carbonyl (C=O) groups excluding carboxylic acids is 1. The van der Waals surface area contributed by atoms with Crippen molar-refractivity contribution in [3.8, 4) is 5.75 Å². The number of hydrogen-bond donors (Lipinski definition) is 5. The number of ether oxygens (including phenoxy) is 1. The molecule has 14 atom stereocenters. The average Bonchev–Trinajstić information content (AvgIpc) is 3.77. The summed E-state index contributed by atoms with van der Waals surface area (Å²) in [6.45, 7) is 6.58. The molecule has 0 aromatic heterocycles. The predicted molar refractivity (Wildman–Crippen MR) is 172 cm³/mol. The van der Waals surface area contributed by atoms with Crippen LogP contribution in [0.1, 0.15) is 84.1 Å². The molecule has 250 valence electrons. The van der Waals surface area contributed by atoms with Crippen LogP contribution in [-0.2, 0) is 16.0 Å². The molecule has 8 rings (SSSR count). The van der Waals surface area contributed by atoms with Gasteiger partial charge in [-0.3, -0.25) is 4.79 Å². The Bertz CT molecular complexity index is 1470. The van der Waals surface area contributed by atoms with Gasteiger partial charge in [0.15, 0.2) is 5.78 Å². The number of epoxide rings is 1. The molecule has 14 unspecified atom stereocenters. The second kappa shape index (κ2) is 10.5. The van der Waals surface area contributed by atoms with Crippen molar-refractivity contribution in [2.45, 2.75) is 121 Å². The number of phenolic OH excluding ortho intramolecular Hbond substituents is 1. The molecule has 1 saturated heterocycles. The van der Waals surface area contributed by atoms with Gasteiger partial charge in [0.25, 0.3) is 0 Å². The zero-order valence-corrected chi connectivity index (χ0v) is 27.5. The molecule has 6 aliphatic carbocycles. The normalized spacial score (nSPS) is 49.4. The smallest absolute Gasteiger partial charge is 0.159 e. The van der Waals surface area contributed by atoms with Gasteiger partial charge in [0.05, 0.1) is 23.9 Å². The van der Waals surface area contributed by atoms with Crippen LogP contribution in [0.15, 0.2) is 48.1 Å². The first-order valence-electron chi connectivity index (χ1n) is 18.0. The number of allylic oxidation sites excluding steroid dienone is 2. The van der Waals surface area contributed by atoms with Crippen LogP contribution in [0.3, 0.4) is 0 Å². The first kappa shape index (κ1) is 31.3. The molecule has 0 radical (unpaired) electrons. The summed E-state index contributed by atoms with van der Waals surface area (Å²) in [6.07, 6.45) is 10.4. The number of ketones is 1. The van der Waals surface area contributed by atoms with E-state index in [1.165, 1.54) is 0 Å². The Kier molecular flexibility index (Phi) is 7.12. The Hall–Kier alpha value is -2.03. The fourth-order valence-electron chi connectivity index (χ4n) is 12.6. The van der Waals surface area contributed by atoms with Crippen LogP contribution in [0.4, 0.5) is 0 Å². The van der Waals surface area contributed by atoms with E-state index in [-0.39, 0.29) is 53.3 Å². The van der Waals surface area contributed by atoms with Crippen LogP contribution in [-0.4, -0.2) is 66.9 Å². The van der Waals surface area contributed by atoms with Gasteiger partial charge in [-0.1, -0.05) is 51.5 Å². The van der Waals surface area contributed by atoms with Gasteiger partial charge in [-0.15, -0.1) is 0 Å². The van der Waals surface area contributed by atoms with Crippen molar-refractivity contribution in [1.29, 1.82) is 0 Å². The third-order valence-electron chi connectivity index (χ3n) is 14.9. The van der Waals surface area contributed by atoms with Crippen LogP contribution < -0.4 is 0 Å². The average molecular weight is 633 g/mol. The maximum absolute atomic E-state index is 14.2. The summed E-state index contributed by atoms with van der Waals surface area (Å²) >= 11 is 0. The molecular formula is C39H52O7. The number of aliphatic hydroxyl groups excluding tert-OH is 2. The third-order valence-corrected chi connectivity index (χ3v) is 14.9. The van der Waals surface area contributed by atoms with E-state index in [0.717, 1.165) is 36.8 Å². The van der Waals surface area contributed by atoms with Crippen molar-refractivity contribution in [3.63, 3.8) is 0 Å². The lowest BCUT2D eigenvalue weighted by Gasteiger charge is -2.66. The second-order valence-corrected chi connectivity index (χ2v) is 16.8. The van der Waals surface area contributed by atoms with Crippen LogP contribution in [0, 0.1) is 52.3 Å². The summed E-state index contributed by atoms with van der Waals surface area (Å²) in [6, 6.07) is 7.32. The van der Waals surface area contributed by atoms with Gasteiger partial charge in [-0.25, -0.2) is 0 Å². The van der Waals surface area contributed by atoms with E-state index in [1.54, 1.807) is 18.2 Å². The second-order valence-electron chi connectivity index (χ2n) is 16.8. The number of carbonyl (C=O) groups is 1. The molecule has 1 aromatic rings. The maximum Gasteiger partial charge on any atom is 0.159 e. The van der Waals surface area contributed by atoms with Crippen LogP contribution in [0.5, 0.6) is 5.75 Å². The number of fused-ring (bicyclic) bond motifs is 2. The molecule has 0 amide bonds. The van der Waals surface area contributed by atoms with Gasteiger partial charge in [-0.05, 0) is 122 Å². The van der Waals surface area contributed by atoms with E-state index in [9.17, 15) is 30.3 Å². The fraction of sp³-hybridized carbons (Fsp3) is 0.718. The molecule has 2 bridgehead atoms. The molecule has 7 aliphatic rings. The minimum atomic E-state index is -1.32. The Morgan fingerprint density at radius 3 is 2.65 bits per heavy atom. The number of aliphatic hydroxyl groups is 4. The summed E-state index contributed by atoms with van der Waals surface area (Å²) in [7, 11) is 0. The Morgan fingerprint density at radius 2 is 1.89 bits per heavy atom. The molecule has 0 spiro atoms. The summed E-state index contributed by atoms with van der Waals surface area (Å²) in [5.74, 6) is -0.0578. The highest BCUT2D eigenvalue weighted by Gasteiger charge is 2.76. The van der Waals surface area contributed by atoms with Crippen molar-refractivity contribution in [2.24, 2.45) is 52.3 Å². The molecule has 46 heavy (non-hydrogen) atoms.